The van der Waals surface area contributed by atoms with Crippen LogP contribution in [0.25, 0.3) is 0 Å². The lowest BCUT2D eigenvalue weighted by atomic mass is 10.0. The minimum Gasteiger partial charge on any atom is -0.394 e. The Bertz CT molecular complexity index is 603. The normalized spacial score (nSPS) is 15.7. The second-order valence-electron chi connectivity index (χ2n) is 8.71. The van der Waals surface area contributed by atoms with Crippen LogP contribution in [0.1, 0.15) is 84.0 Å². The fourth-order valence-corrected chi connectivity index (χ4v) is 3.99. The predicted octanol–water partition coefficient (Wildman–Crippen LogP) is 0.840. The lowest BCUT2D eigenvalue weighted by Gasteiger charge is -2.30. The monoisotopic (exact) mass is 499 g/mol. The van der Waals surface area contributed by atoms with Crippen LogP contribution in [0.4, 0.5) is 0 Å². The summed E-state index contributed by atoms with van der Waals surface area (Å²) in [5.74, 6) is -1.18. The molecule has 0 spiro atoms. The van der Waals surface area contributed by atoms with Crippen LogP contribution in [0.3, 0.4) is 0 Å². The summed E-state index contributed by atoms with van der Waals surface area (Å²) in [5, 5.41) is 48.1. The Kier molecular flexibility index (Phi) is 18.0. The first-order chi connectivity index (χ1) is 15.5. The van der Waals surface area contributed by atoms with E-state index in [1.165, 1.54) is 38.5 Å². The Labute approximate surface area is 198 Å². The molecule has 0 saturated heterocycles. The van der Waals surface area contributed by atoms with Gasteiger partial charge in [0, 0.05) is 19.5 Å². The van der Waals surface area contributed by atoms with Crippen LogP contribution in [0.2, 0.25) is 0 Å². The molecular weight excluding hydrogens is 454 g/mol. The fraction of sp³-hybridized carbons (Fsp3) is 0.955. The van der Waals surface area contributed by atoms with E-state index in [-0.39, 0.29) is 6.42 Å². The molecule has 0 fully saturated rings. The van der Waals surface area contributed by atoms with Gasteiger partial charge in [0.1, 0.15) is 24.4 Å². The highest BCUT2D eigenvalue weighted by Gasteiger charge is 2.32. The molecule has 0 saturated carbocycles. The Balaban J connectivity index is 4.45. The van der Waals surface area contributed by atoms with Crippen molar-refractivity contribution in [3.05, 3.63) is 0 Å². The first kappa shape index (κ1) is 32.2. The average molecular weight is 500 g/mol. The summed E-state index contributed by atoms with van der Waals surface area (Å²) in [5.41, 5.74) is 0. The van der Waals surface area contributed by atoms with Gasteiger partial charge in [0.25, 0.3) is 10.1 Å². The number of hydrogen-bond acceptors (Lipinski definition) is 8. The molecule has 6 N–H and O–H groups in total. The molecule has 0 heterocycles. The molecule has 33 heavy (non-hydrogen) atoms. The smallest absolute Gasteiger partial charge is 0.266 e. The van der Waals surface area contributed by atoms with Gasteiger partial charge >= 0.3 is 0 Å². The van der Waals surface area contributed by atoms with Crippen LogP contribution in [0, 0.1) is 0 Å². The summed E-state index contributed by atoms with van der Waals surface area (Å²) >= 11 is 0. The van der Waals surface area contributed by atoms with Crippen molar-refractivity contribution in [2.24, 2.45) is 0 Å². The molecule has 4 atom stereocenters. The van der Waals surface area contributed by atoms with Crippen molar-refractivity contribution < 1.29 is 43.3 Å². The molecular formula is C22H45NO9S. The molecule has 10 nitrogen and oxygen atoms in total. The SMILES string of the molecule is CCCCCCCCCCCCCC(=O)N(CCS(=O)(=O)O)C[C@H](O)[C@@H](O)[C@H](O)[C@H](O)CO. The number of unbranched alkanes of at least 4 members (excludes halogenated alkanes) is 10. The van der Waals surface area contributed by atoms with E-state index in [0.717, 1.165) is 30.6 Å². The molecule has 0 unspecified atom stereocenters. The van der Waals surface area contributed by atoms with E-state index in [1.807, 2.05) is 0 Å². The van der Waals surface area contributed by atoms with Crippen molar-refractivity contribution in [2.75, 3.05) is 25.4 Å². The molecule has 0 aliphatic rings. The van der Waals surface area contributed by atoms with Gasteiger partial charge in [0.15, 0.2) is 0 Å². The maximum atomic E-state index is 12.5. The number of amides is 1. The molecule has 0 aromatic carbocycles. The van der Waals surface area contributed by atoms with Gasteiger partial charge < -0.3 is 30.4 Å². The summed E-state index contributed by atoms with van der Waals surface area (Å²) in [4.78, 5) is 13.6. The van der Waals surface area contributed by atoms with Crippen LogP contribution < -0.4 is 0 Å². The third-order valence-corrected chi connectivity index (χ3v) is 6.40. The summed E-state index contributed by atoms with van der Waals surface area (Å²) in [7, 11) is -4.35. The van der Waals surface area contributed by atoms with E-state index in [4.69, 9.17) is 9.66 Å². The Hall–Kier alpha value is -0.820. The summed E-state index contributed by atoms with van der Waals surface area (Å²) < 4.78 is 31.1. The van der Waals surface area contributed by atoms with Gasteiger partial charge in [0.05, 0.1) is 12.4 Å². The number of carbonyl (C=O) groups is 1. The second kappa shape index (κ2) is 18.5. The molecule has 0 aromatic heterocycles. The van der Waals surface area contributed by atoms with Crippen molar-refractivity contribution >= 4 is 16.0 Å². The zero-order valence-corrected chi connectivity index (χ0v) is 20.7. The second-order valence-corrected chi connectivity index (χ2v) is 10.3. The topological polar surface area (TPSA) is 176 Å². The van der Waals surface area contributed by atoms with Gasteiger partial charge in [-0.25, -0.2) is 0 Å². The maximum absolute atomic E-state index is 12.5. The minimum atomic E-state index is -4.35. The van der Waals surface area contributed by atoms with E-state index in [9.17, 15) is 33.6 Å². The molecule has 0 rings (SSSR count). The Morgan fingerprint density at radius 1 is 0.788 bits per heavy atom. The van der Waals surface area contributed by atoms with Crippen molar-refractivity contribution in [1.29, 1.82) is 0 Å². The summed E-state index contributed by atoms with van der Waals surface area (Å²) in [6.45, 7) is 0.467. The molecule has 1 amide bonds. The summed E-state index contributed by atoms with van der Waals surface area (Å²) in [6, 6.07) is 0. The average Bonchev–Trinajstić information content (AvgIpc) is 2.77. The number of aliphatic hydroxyl groups is 5. The zero-order chi connectivity index (χ0) is 25.3. The quantitative estimate of drug-likeness (QED) is 0.0987. The number of nitrogens with zero attached hydrogens (tertiary/aromatic N) is 1. The van der Waals surface area contributed by atoms with E-state index >= 15 is 0 Å². The van der Waals surface area contributed by atoms with Gasteiger partial charge in [-0.1, -0.05) is 71.1 Å². The highest BCUT2D eigenvalue weighted by atomic mass is 32.2. The standard InChI is InChI=1S/C22H45NO9S/c1-2-3-4-5-6-7-8-9-10-11-12-13-20(27)23(14-15-33(30,31)32)16-18(25)21(28)22(29)19(26)17-24/h18-19,21-22,24-26,28-29H,2-17H2,1H3,(H,30,31,32)/t18-,19+,21+,22+/m0/s1. The van der Waals surface area contributed by atoms with E-state index in [2.05, 4.69) is 6.92 Å². The minimum absolute atomic E-state index is 0.118. The highest BCUT2D eigenvalue weighted by Crippen LogP contribution is 2.13. The van der Waals surface area contributed by atoms with Crippen LogP contribution in [-0.2, 0) is 14.9 Å². The third kappa shape index (κ3) is 16.4. The lowest BCUT2D eigenvalue weighted by Crippen LogP contribution is -2.51. The van der Waals surface area contributed by atoms with Crippen molar-refractivity contribution in [3.8, 4) is 0 Å². The fourth-order valence-electron chi connectivity index (χ4n) is 3.54. The molecule has 0 aliphatic carbocycles. The van der Waals surface area contributed by atoms with Crippen LogP contribution in [-0.4, -0.2) is 99.2 Å². The molecule has 0 aliphatic heterocycles. The number of hydrogen-bond donors (Lipinski definition) is 6. The van der Waals surface area contributed by atoms with E-state index in [1.54, 1.807) is 0 Å². The van der Waals surface area contributed by atoms with Gasteiger partial charge in [-0.2, -0.15) is 8.42 Å². The number of aliphatic hydroxyl groups excluding tert-OH is 5. The largest absolute Gasteiger partial charge is 0.394 e. The maximum Gasteiger partial charge on any atom is 0.266 e. The van der Waals surface area contributed by atoms with E-state index < -0.39 is 65.9 Å². The molecule has 11 heteroatoms. The van der Waals surface area contributed by atoms with Crippen molar-refractivity contribution in [3.63, 3.8) is 0 Å². The molecule has 0 bridgehead atoms. The number of carbonyl (C=O) groups excluding carboxylic acids is 1. The summed E-state index contributed by atoms with van der Waals surface area (Å²) in [6.07, 6.45) is 5.23. The van der Waals surface area contributed by atoms with E-state index in [0.29, 0.717) is 6.42 Å². The Morgan fingerprint density at radius 3 is 1.70 bits per heavy atom. The highest BCUT2D eigenvalue weighted by molar-refractivity contribution is 7.85. The lowest BCUT2D eigenvalue weighted by molar-refractivity contribution is -0.139. The zero-order valence-electron chi connectivity index (χ0n) is 19.9. The van der Waals surface area contributed by atoms with Crippen molar-refractivity contribution in [2.45, 2.75) is 108 Å². The van der Waals surface area contributed by atoms with Gasteiger partial charge in [0.2, 0.25) is 5.91 Å². The third-order valence-electron chi connectivity index (χ3n) is 5.70. The van der Waals surface area contributed by atoms with Gasteiger partial charge in [-0.15, -0.1) is 0 Å². The number of rotatable bonds is 21. The predicted molar refractivity (Wildman–Crippen MR) is 125 cm³/mol. The van der Waals surface area contributed by atoms with Gasteiger partial charge in [-0.3, -0.25) is 9.35 Å². The Morgan fingerprint density at radius 2 is 1.24 bits per heavy atom. The van der Waals surface area contributed by atoms with Crippen LogP contribution in [0.5, 0.6) is 0 Å². The first-order valence-electron chi connectivity index (χ1n) is 12.1. The van der Waals surface area contributed by atoms with Crippen molar-refractivity contribution in [1.82, 2.24) is 4.90 Å². The molecule has 0 aromatic rings. The van der Waals surface area contributed by atoms with Crippen LogP contribution >= 0.6 is 0 Å². The molecule has 198 valence electrons. The molecule has 0 radical (unpaired) electrons. The van der Waals surface area contributed by atoms with Crippen LogP contribution in [0.15, 0.2) is 0 Å². The van der Waals surface area contributed by atoms with Gasteiger partial charge in [-0.05, 0) is 6.42 Å². The first-order valence-corrected chi connectivity index (χ1v) is 13.7.